The number of amidine groups is 1. The standard InChI is InChI=1S/C16H16FN3O2/c1-11-7-8-14(13(17)9-11)19-15(21)10-22-20-16(18)12-5-3-2-4-6-12/h2-9H,10H2,1H3,(H2,18,20)(H,19,21). The largest absolute Gasteiger partial charge is 0.384 e. The lowest BCUT2D eigenvalue weighted by molar-refractivity contribution is -0.120. The molecular formula is C16H16FN3O2. The van der Waals surface area contributed by atoms with E-state index in [0.717, 1.165) is 5.56 Å². The first-order chi connectivity index (χ1) is 10.6. The van der Waals surface area contributed by atoms with Crippen molar-refractivity contribution in [3.8, 4) is 0 Å². The van der Waals surface area contributed by atoms with E-state index in [0.29, 0.717) is 5.56 Å². The van der Waals surface area contributed by atoms with Gasteiger partial charge < -0.3 is 15.9 Å². The maximum absolute atomic E-state index is 13.6. The molecule has 0 aliphatic heterocycles. The fourth-order valence-corrected chi connectivity index (χ4v) is 1.73. The summed E-state index contributed by atoms with van der Waals surface area (Å²) >= 11 is 0. The van der Waals surface area contributed by atoms with Crippen molar-refractivity contribution < 1.29 is 14.0 Å². The molecule has 6 heteroatoms. The van der Waals surface area contributed by atoms with Gasteiger partial charge in [0, 0.05) is 5.56 Å². The number of nitrogens with one attached hydrogen (secondary N) is 1. The second-order valence-corrected chi connectivity index (χ2v) is 4.65. The van der Waals surface area contributed by atoms with Gasteiger partial charge in [0.05, 0.1) is 5.69 Å². The van der Waals surface area contributed by atoms with Crippen LogP contribution >= 0.6 is 0 Å². The highest BCUT2D eigenvalue weighted by Gasteiger charge is 2.07. The van der Waals surface area contributed by atoms with E-state index in [1.807, 2.05) is 18.2 Å². The quantitative estimate of drug-likeness (QED) is 0.506. The highest BCUT2D eigenvalue weighted by atomic mass is 19.1. The summed E-state index contributed by atoms with van der Waals surface area (Å²) in [5.41, 5.74) is 7.26. The van der Waals surface area contributed by atoms with E-state index in [2.05, 4.69) is 10.5 Å². The Morgan fingerprint density at radius 1 is 1.27 bits per heavy atom. The van der Waals surface area contributed by atoms with Gasteiger partial charge in [0.15, 0.2) is 12.4 Å². The van der Waals surface area contributed by atoms with Gasteiger partial charge in [0.25, 0.3) is 5.91 Å². The molecule has 0 atom stereocenters. The number of carbonyl (C=O) groups is 1. The number of aryl methyl sites for hydroxylation is 1. The Balaban J connectivity index is 1.88. The van der Waals surface area contributed by atoms with Crippen LogP contribution < -0.4 is 11.1 Å². The average Bonchev–Trinajstić information content (AvgIpc) is 2.51. The van der Waals surface area contributed by atoms with Crippen LogP contribution in [0.25, 0.3) is 0 Å². The van der Waals surface area contributed by atoms with Gasteiger partial charge in [-0.25, -0.2) is 4.39 Å². The molecule has 22 heavy (non-hydrogen) atoms. The molecule has 0 saturated carbocycles. The number of hydrogen-bond donors (Lipinski definition) is 2. The summed E-state index contributed by atoms with van der Waals surface area (Å²) in [6.45, 7) is 1.40. The topological polar surface area (TPSA) is 76.7 Å². The molecule has 0 spiro atoms. The molecule has 1 amide bonds. The van der Waals surface area contributed by atoms with Gasteiger partial charge >= 0.3 is 0 Å². The van der Waals surface area contributed by atoms with Gasteiger partial charge in [-0.05, 0) is 24.6 Å². The van der Waals surface area contributed by atoms with Crippen molar-refractivity contribution in [2.24, 2.45) is 10.9 Å². The summed E-state index contributed by atoms with van der Waals surface area (Å²) in [7, 11) is 0. The van der Waals surface area contributed by atoms with Gasteiger partial charge in [0.2, 0.25) is 0 Å². The van der Waals surface area contributed by atoms with Crippen molar-refractivity contribution in [3.63, 3.8) is 0 Å². The molecule has 0 fully saturated rings. The van der Waals surface area contributed by atoms with Crippen LogP contribution in [0.3, 0.4) is 0 Å². The van der Waals surface area contributed by atoms with E-state index >= 15 is 0 Å². The second-order valence-electron chi connectivity index (χ2n) is 4.65. The fourth-order valence-electron chi connectivity index (χ4n) is 1.73. The number of nitrogens with zero attached hydrogens (tertiary/aromatic N) is 1. The molecule has 2 aromatic rings. The second kappa shape index (κ2) is 7.21. The number of amides is 1. The highest BCUT2D eigenvalue weighted by Crippen LogP contribution is 2.14. The molecule has 2 aromatic carbocycles. The molecule has 0 aliphatic rings. The Kier molecular flexibility index (Phi) is 5.08. The van der Waals surface area contributed by atoms with E-state index in [-0.39, 0.29) is 18.1 Å². The first kappa shape index (κ1) is 15.5. The molecule has 2 rings (SSSR count). The Bertz CT molecular complexity index is 687. The predicted molar refractivity (Wildman–Crippen MR) is 82.9 cm³/mol. The molecule has 0 aromatic heterocycles. The van der Waals surface area contributed by atoms with Gasteiger partial charge in [-0.15, -0.1) is 0 Å². The maximum Gasteiger partial charge on any atom is 0.265 e. The summed E-state index contributed by atoms with van der Waals surface area (Å²) < 4.78 is 13.6. The summed E-state index contributed by atoms with van der Waals surface area (Å²) in [6.07, 6.45) is 0. The van der Waals surface area contributed by atoms with Gasteiger partial charge in [-0.2, -0.15) is 0 Å². The van der Waals surface area contributed by atoms with Crippen LogP contribution in [-0.4, -0.2) is 18.3 Å². The third-order valence-electron chi connectivity index (χ3n) is 2.83. The summed E-state index contributed by atoms with van der Waals surface area (Å²) in [4.78, 5) is 16.5. The van der Waals surface area contributed by atoms with Crippen LogP contribution in [-0.2, 0) is 9.63 Å². The molecule has 0 unspecified atom stereocenters. The number of rotatable bonds is 5. The Morgan fingerprint density at radius 2 is 2.00 bits per heavy atom. The fraction of sp³-hybridized carbons (Fsp3) is 0.125. The zero-order chi connectivity index (χ0) is 15.9. The van der Waals surface area contributed by atoms with E-state index in [1.165, 1.54) is 12.1 Å². The number of nitrogens with two attached hydrogens (primary N) is 1. The van der Waals surface area contributed by atoms with Crippen LogP contribution in [0.1, 0.15) is 11.1 Å². The minimum atomic E-state index is -0.521. The molecule has 5 nitrogen and oxygen atoms in total. The van der Waals surface area contributed by atoms with Crippen molar-refractivity contribution in [1.29, 1.82) is 0 Å². The number of oxime groups is 1. The highest BCUT2D eigenvalue weighted by molar-refractivity contribution is 5.97. The van der Waals surface area contributed by atoms with Gasteiger partial charge in [-0.3, -0.25) is 4.79 Å². The van der Waals surface area contributed by atoms with Crippen LogP contribution in [0.2, 0.25) is 0 Å². The lowest BCUT2D eigenvalue weighted by Gasteiger charge is -2.06. The average molecular weight is 301 g/mol. The van der Waals surface area contributed by atoms with E-state index < -0.39 is 11.7 Å². The molecular weight excluding hydrogens is 285 g/mol. The van der Waals surface area contributed by atoms with Crippen molar-refractivity contribution in [1.82, 2.24) is 0 Å². The SMILES string of the molecule is Cc1ccc(NC(=O)CO/N=C(\N)c2ccccc2)c(F)c1. The normalized spacial score (nSPS) is 11.1. The van der Waals surface area contributed by atoms with Crippen molar-refractivity contribution >= 4 is 17.4 Å². The smallest absolute Gasteiger partial charge is 0.265 e. The number of hydrogen-bond acceptors (Lipinski definition) is 3. The first-order valence-corrected chi connectivity index (χ1v) is 6.63. The molecule has 0 bridgehead atoms. The van der Waals surface area contributed by atoms with E-state index in [9.17, 15) is 9.18 Å². The lowest BCUT2D eigenvalue weighted by atomic mass is 10.2. The van der Waals surface area contributed by atoms with E-state index in [1.54, 1.807) is 25.1 Å². The third kappa shape index (κ3) is 4.31. The molecule has 0 heterocycles. The monoisotopic (exact) mass is 301 g/mol. The van der Waals surface area contributed by atoms with Crippen LogP contribution in [0, 0.1) is 12.7 Å². The molecule has 114 valence electrons. The van der Waals surface area contributed by atoms with Gasteiger partial charge in [0.1, 0.15) is 5.82 Å². The molecule has 0 radical (unpaired) electrons. The Hall–Kier alpha value is -2.89. The zero-order valence-electron chi connectivity index (χ0n) is 12.0. The number of benzene rings is 2. The van der Waals surface area contributed by atoms with Crippen molar-refractivity contribution in [3.05, 3.63) is 65.5 Å². The van der Waals surface area contributed by atoms with Crippen molar-refractivity contribution in [2.75, 3.05) is 11.9 Å². The minimum absolute atomic E-state index is 0.0965. The zero-order valence-corrected chi connectivity index (χ0v) is 12.0. The summed E-state index contributed by atoms with van der Waals surface area (Å²) in [5, 5.41) is 6.05. The summed E-state index contributed by atoms with van der Waals surface area (Å²) in [6, 6.07) is 13.5. The summed E-state index contributed by atoms with van der Waals surface area (Å²) in [5.74, 6) is -0.858. The first-order valence-electron chi connectivity index (χ1n) is 6.63. The number of carbonyl (C=O) groups excluding carboxylic acids is 1. The third-order valence-corrected chi connectivity index (χ3v) is 2.83. The van der Waals surface area contributed by atoms with Gasteiger partial charge in [-0.1, -0.05) is 41.6 Å². The molecule has 3 N–H and O–H groups in total. The molecule has 0 saturated heterocycles. The minimum Gasteiger partial charge on any atom is -0.384 e. The predicted octanol–water partition coefficient (Wildman–Crippen LogP) is 2.41. The van der Waals surface area contributed by atoms with Crippen LogP contribution in [0.4, 0.5) is 10.1 Å². The van der Waals surface area contributed by atoms with E-state index in [4.69, 9.17) is 10.6 Å². The Labute approximate surface area is 127 Å². The maximum atomic E-state index is 13.6. The Morgan fingerprint density at radius 3 is 2.68 bits per heavy atom. The molecule has 0 aliphatic carbocycles. The number of anilines is 1. The van der Waals surface area contributed by atoms with Crippen LogP contribution in [0.5, 0.6) is 0 Å². The number of halogens is 1. The van der Waals surface area contributed by atoms with Crippen molar-refractivity contribution in [2.45, 2.75) is 6.92 Å². The van der Waals surface area contributed by atoms with Crippen LogP contribution in [0.15, 0.2) is 53.7 Å². The lowest BCUT2D eigenvalue weighted by Crippen LogP contribution is -2.20.